The van der Waals surface area contributed by atoms with Crippen molar-refractivity contribution in [2.45, 2.75) is 37.6 Å². The number of esters is 2. The third-order valence-electron chi connectivity index (χ3n) is 4.27. The molecule has 7 nitrogen and oxygen atoms in total. The van der Waals surface area contributed by atoms with E-state index < -0.39 is 42.6 Å². The van der Waals surface area contributed by atoms with Gasteiger partial charge in [-0.05, 0) is 31.2 Å². The predicted molar refractivity (Wildman–Crippen MR) is 93.9 cm³/mol. The summed E-state index contributed by atoms with van der Waals surface area (Å²) in [7, 11) is 0. The van der Waals surface area contributed by atoms with Crippen molar-refractivity contribution in [1.29, 1.82) is 0 Å². The summed E-state index contributed by atoms with van der Waals surface area (Å²) in [4.78, 5) is 24.8. The molecule has 2 N–H and O–H groups in total. The smallest absolute Gasteiger partial charge is 0.338 e. The SMILES string of the molecule is C[C@@H]1OC(O)[C@H](O)[C@H](OC(=O)c2ccccc2)[C@H]1OC(=O)c1ccccc1. The van der Waals surface area contributed by atoms with Crippen LogP contribution in [0.2, 0.25) is 0 Å². The molecule has 0 saturated carbocycles. The lowest BCUT2D eigenvalue weighted by Gasteiger charge is -2.40. The molecule has 0 aromatic heterocycles. The van der Waals surface area contributed by atoms with Crippen molar-refractivity contribution in [3.05, 3.63) is 71.8 Å². The van der Waals surface area contributed by atoms with Crippen molar-refractivity contribution in [3.63, 3.8) is 0 Å². The van der Waals surface area contributed by atoms with Crippen LogP contribution in [0.5, 0.6) is 0 Å². The van der Waals surface area contributed by atoms with Gasteiger partial charge >= 0.3 is 11.9 Å². The minimum atomic E-state index is -1.57. The average Bonchev–Trinajstić information content (AvgIpc) is 2.69. The summed E-state index contributed by atoms with van der Waals surface area (Å²) >= 11 is 0. The van der Waals surface area contributed by atoms with E-state index in [9.17, 15) is 19.8 Å². The topological polar surface area (TPSA) is 102 Å². The number of aliphatic hydroxyl groups excluding tert-OH is 2. The second-order valence-corrected chi connectivity index (χ2v) is 6.19. The van der Waals surface area contributed by atoms with Crippen molar-refractivity contribution in [2.24, 2.45) is 0 Å². The van der Waals surface area contributed by atoms with Gasteiger partial charge in [0.25, 0.3) is 0 Å². The highest BCUT2D eigenvalue weighted by molar-refractivity contribution is 5.90. The second kappa shape index (κ2) is 8.30. The van der Waals surface area contributed by atoms with Crippen molar-refractivity contribution in [2.75, 3.05) is 0 Å². The lowest BCUT2D eigenvalue weighted by molar-refractivity contribution is -0.276. The first-order valence-corrected chi connectivity index (χ1v) is 8.51. The largest absolute Gasteiger partial charge is 0.452 e. The third-order valence-corrected chi connectivity index (χ3v) is 4.27. The normalized spacial score (nSPS) is 27.6. The summed E-state index contributed by atoms with van der Waals surface area (Å²) in [5.41, 5.74) is 0.574. The first kappa shape index (κ1) is 19.0. The van der Waals surface area contributed by atoms with Crippen LogP contribution in [0, 0.1) is 0 Å². The number of carbonyl (C=O) groups excluding carboxylic acids is 2. The molecule has 0 bridgehead atoms. The molecule has 3 rings (SSSR count). The van der Waals surface area contributed by atoms with Crippen molar-refractivity contribution >= 4 is 11.9 Å². The molecular formula is C20H20O7. The summed E-state index contributed by atoms with van der Waals surface area (Å²) in [5.74, 6) is -1.36. The molecule has 0 aliphatic carbocycles. The number of carbonyl (C=O) groups is 2. The fraction of sp³-hybridized carbons (Fsp3) is 0.300. The van der Waals surface area contributed by atoms with Crippen LogP contribution in [-0.2, 0) is 14.2 Å². The van der Waals surface area contributed by atoms with Gasteiger partial charge in [0.2, 0.25) is 0 Å². The zero-order valence-electron chi connectivity index (χ0n) is 14.6. The highest BCUT2D eigenvalue weighted by Gasteiger charge is 2.47. The van der Waals surface area contributed by atoms with Gasteiger partial charge in [-0.15, -0.1) is 0 Å². The molecule has 1 aliphatic rings. The Labute approximate surface area is 156 Å². The number of hydrogen-bond donors (Lipinski definition) is 2. The molecule has 27 heavy (non-hydrogen) atoms. The van der Waals surface area contributed by atoms with Gasteiger partial charge in [-0.3, -0.25) is 0 Å². The lowest BCUT2D eigenvalue weighted by Crippen LogP contribution is -2.59. The van der Waals surface area contributed by atoms with E-state index in [4.69, 9.17) is 14.2 Å². The van der Waals surface area contributed by atoms with Crippen molar-refractivity contribution < 1.29 is 34.0 Å². The van der Waals surface area contributed by atoms with Crippen LogP contribution in [0.25, 0.3) is 0 Å². The Kier molecular flexibility index (Phi) is 5.85. The molecule has 7 heteroatoms. The van der Waals surface area contributed by atoms with E-state index in [2.05, 4.69) is 0 Å². The number of hydrogen-bond acceptors (Lipinski definition) is 7. The van der Waals surface area contributed by atoms with E-state index in [-0.39, 0.29) is 5.56 Å². The van der Waals surface area contributed by atoms with Gasteiger partial charge in [-0.1, -0.05) is 36.4 Å². The van der Waals surface area contributed by atoms with Gasteiger partial charge in [0, 0.05) is 0 Å². The zero-order chi connectivity index (χ0) is 19.4. The number of ether oxygens (including phenoxy) is 3. The molecular weight excluding hydrogens is 352 g/mol. The predicted octanol–water partition coefficient (Wildman–Crippen LogP) is 1.54. The molecule has 1 heterocycles. The lowest BCUT2D eigenvalue weighted by atomic mass is 9.99. The molecule has 142 valence electrons. The standard InChI is InChI=1S/C20H20O7/c1-12-16(26-18(22)13-8-4-2-5-9-13)17(15(21)20(24)25-12)27-19(23)14-10-6-3-7-11-14/h2-12,15-17,20-21,24H,1H3/t12-,15+,16-,17-,20?/m0/s1. The number of benzene rings is 2. The molecule has 0 radical (unpaired) electrons. The Bertz CT molecular complexity index is 777. The molecule has 2 aromatic rings. The first-order chi connectivity index (χ1) is 13.0. The van der Waals surface area contributed by atoms with Gasteiger partial charge in [0.15, 0.2) is 18.5 Å². The zero-order valence-corrected chi connectivity index (χ0v) is 14.6. The number of aliphatic hydroxyl groups is 2. The molecule has 5 atom stereocenters. The summed E-state index contributed by atoms with van der Waals surface area (Å²) < 4.78 is 16.0. The highest BCUT2D eigenvalue weighted by atomic mass is 16.7. The van der Waals surface area contributed by atoms with Crippen LogP contribution in [0.1, 0.15) is 27.6 Å². The maximum absolute atomic E-state index is 12.4. The van der Waals surface area contributed by atoms with Crippen molar-refractivity contribution in [1.82, 2.24) is 0 Å². The van der Waals surface area contributed by atoms with Gasteiger partial charge in [0.05, 0.1) is 17.2 Å². The highest BCUT2D eigenvalue weighted by Crippen LogP contribution is 2.26. The molecule has 0 spiro atoms. The monoisotopic (exact) mass is 372 g/mol. The molecule has 1 saturated heterocycles. The fourth-order valence-corrected chi connectivity index (χ4v) is 2.83. The van der Waals surface area contributed by atoms with Crippen LogP contribution in [0.15, 0.2) is 60.7 Å². The van der Waals surface area contributed by atoms with Gasteiger partial charge in [-0.25, -0.2) is 9.59 Å². The van der Waals surface area contributed by atoms with Crippen LogP contribution in [0.3, 0.4) is 0 Å². The minimum absolute atomic E-state index is 0.270. The number of rotatable bonds is 4. The van der Waals surface area contributed by atoms with E-state index in [1.54, 1.807) is 67.6 Å². The second-order valence-electron chi connectivity index (χ2n) is 6.19. The maximum atomic E-state index is 12.4. The molecule has 0 amide bonds. The average molecular weight is 372 g/mol. The van der Waals surface area contributed by atoms with E-state index in [1.165, 1.54) is 0 Å². The van der Waals surface area contributed by atoms with Crippen LogP contribution >= 0.6 is 0 Å². The van der Waals surface area contributed by atoms with E-state index in [0.29, 0.717) is 5.56 Å². The maximum Gasteiger partial charge on any atom is 0.338 e. The Morgan fingerprint density at radius 2 is 1.26 bits per heavy atom. The Balaban J connectivity index is 1.80. The Hall–Kier alpha value is -2.74. The molecule has 2 aromatic carbocycles. The summed E-state index contributed by atoms with van der Waals surface area (Å²) in [6.45, 7) is 1.56. The van der Waals surface area contributed by atoms with E-state index in [1.807, 2.05) is 0 Å². The quantitative estimate of drug-likeness (QED) is 0.785. The molecule has 1 aliphatic heterocycles. The summed E-state index contributed by atoms with van der Waals surface area (Å²) in [6.07, 6.45) is -6.32. The Morgan fingerprint density at radius 1 is 0.815 bits per heavy atom. The fourth-order valence-electron chi connectivity index (χ4n) is 2.83. The Morgan fingerprint density at radius 3 is 1.74 bits per heavy atom. The van der Waals surface area contributed by atoms with Crippen molar-refractivity contribution in [3.8, 4) is 0 Å². The summed E-state index contributed by atoms with van der Waals surface area (Å²) in [6, 6.07) is 16.5. The van der Waals surface area contributed by atoms with Crippen LogP contribution in [0.4, 0.5) is 0 Å². The van der Waals surface area contributed by atoms with E-state index in [0.717, 1.165) is 0 Å². The first-order valence-electron chi connectivity index (χ1n) is 8.51. The third kappa shape index (κ3) is 4.33. The van der Waals surface area contributed by atoms with Crippen LogP contribution in [-0.4, -0.2) is 52.9 Å². The molecule has 1 unspecified atom stereocenters. The minimum Gasteiger partial charge on any atom is -0.452 e. The van der Waals surface area contributed by atoms with E-state index >= 15 is 0 Å². The van der Waals surface area contributed by atoms with Gasteiger partial charge in [-0.2, -0.15) is 0 Å². The molecule has 1 fully saturated rings. The van der Waals surface area contributed by atoms with Gasteiger partial charge in [0.1, 0.15) is 6.10 Å². The van der Waals surface area contributed by atoms with Gasteiger partial charge < -0.3 is 24.4 Å². The van der Waals surface area contributed by atoms with Crippen LogP contribution < -0.4 is 0 Å². The summed E-state index contributed by atoms with van der Waals surface area (Å²) in [5, 5.41) is 20.1.